The lowest BCUT2D eigenvalue weighted by Gasteiger charge is -2.05. The number of hydrogen-bond donors (Lipinski definition) is 2. The summed E-state index contributed by atoms with van der Waals surface area (Å²) in [7, 11) is 0. The van der Waals surface area contributed by atoms with Crippen molar-refractivity contribution in [3.63, 3.8) is 0 Å². The molecule has 2 heterocycles. The summed E-state index contributed by atoms with van der Waals surface area (Å²) >= 11 is 5.90. The van der Waals surface area contributed by atoms with E-state index in [1.165, 1.54) is 6.33 Å². The Morgan fingerprint density at radius 3 is 2.80 bits per heavy atom. The first-order chi connectivity index (χ1) is 9.90. The number of benzene rings is 1. The fourth-order valence-corrected chi connectivity index (χ4v) is 2.91. The van der Waals surface area contributed by atoms with Crippen molar-refractivity contribution in [1.82, 2.24) is 25.0 Å². The zero-order valence-corrected chi connectivity index (χ0v) is 12.3. The number of thioether (sulfide) groups is 1. The van der Waals surface area contributed by atoms with E-state index in [0.717, 1.165) is 33.5 Å². The normalized spacial score (nSPS) is 10.8. The summed E-state index contributed by atoms with van der Waals surface area (Å²) < 4.78 is 1.74. The molecule has 7 heteroatoms. The molecule has 0 atom stereocenters. The van der Waals surface area contributed by atoms with Crippen molar-refractivity contribution in [1.29, 1.82) is 0 Å². The van der Waals surface area contributed by atoms with Crippen LogP contribution in [0.4, 0.5) is 0 Å². The number of nitrogens with one attached hydrogen (secondary N) is 1. The topological polar surface area (TPSA) is 59.4 Å². The van der Waals surface area contributed by atoms with E-state index in [4.69, 9.17) is 0 Å². The molecule has 1 aromatic carbocycles. The third-order valence-electron chi connectivity index (χ3n) is 2.75. The first-order valence-electron chi connectivity index (χ1n) is 6.12. The summed E-state index contributed by atoms with van der Waals surface area (Å²) in [5.74, 6) is 1.69. The van der Waals surface area contributed by atoms with E-state index >= 15 is 0 Å². The SMILES string of the molecule is SCCSc1n[nH]c(-c2ccccc2)c1-n1cncn1. The Morgan fingerprint density at radius 1 is 1.25 bits per heavy atom. The molecule has 2 aromatic heterocycles. The Hall–Kier alpha value is -1.73. The third kappa shape index (κ3) is 2.59. The van der Waals surface area contributed by atoms with Crippen molar-refractivity contribution in [2.75, 3.05) is 11.5 Å². The number of nitrogens with zero attached hydrogens (tertiary/aromatic N) is 4. The molecule has 0 bridgehead atoms. The van der Waals surface area contributed by atoms with E-state index in [9.17, 15) is 0 Å². The molecule has 0 fully saturated rings. The van der Waals surface area contributed by atoms with E-state index in [1.807, 2.05) is 30.3 Å². The number of thiol groups is 1. The van der Waals surface area contributed by atoms with Crippen LogP contribution in [0.3, 0.4) is 0 Å². The van der Waals surface area contributed by atoms with E-state index in [2.05, 4.69) is 32.9 Å². The Labute approximate surface area is 126 Å². The van der Waals surface area contributed by atoms with Crippen LogP contribution in [0.1, 0.15) is 0 Å². The van der Waals surface area contributed by atoms with Gasteiger partial charge in [-0.2, -0.15) is 22.8 Å². The maximum Gasteiger partial charge on any atom is 0.144 e. The fraction of sp³-hybridized carbons (Fsp3) is 0.154. The van der Waals surface area contributed by atoms with Gasteiger partial charge in [0.15, 0.2) is 0 Å². The van der Waals surface area contributed by atoms with Crippen LogP contribution >= 0.6 is 24.4 Å². The summed E-state index contributed by atoms with van der Waals surface area (Å²) in [5.41, 5.74) is 2.95. The highest BCUT2D eigenvalue weighted by Crippen LogP contribution is 2.32. The zero-order valence-electron chi connectivity index (χ0n) is 10.6. The highest BCUT2D eigenvalue weighted by Gasteiger charge is 2.17. The van der Waals surface area contributed by atoms with Gasteiger partial charge in [-0.15, -0.1) is 11.8 Å². The largest absolute Gasteiger partial charge is 0.274 e. The van der Waals surface area contributed by atoms with Crippen LogP contribution in [0.2, 0.25) is 0 Å². The van der Waals surface area contributed by atoms with Gasteiger partial charge in [0.2, 0.25) is 0 Å². The summed E-state index contributed by atoms with van der Waals surface area (Å²) in [6, 6.07) is 10.1. The molecule has 0 aliphatic heterocycles. The van der Waals surface area contributed by atoms with Crippen molar-refractivity contribution < 1.29 is 0 Å². The second-order valence-electron chi connectivity index (χ2n) is 4.03. The molecule has 0 radical (unpaired) electrons. The minimum absolute atomic E-state index is 0.801. The Balaban J connectivity index is 2.09. The van der Waals surface area contributed by atoms with Crippen LogP contribution < -0.4 is 0 Å². The number of aromatic nitrogens is 5. The van der Waals surface area contributed by atoms with E-state index in [0.29, 0.717) is 0 Å². The summed E-state index contributed by atoms with van der Waals surface area (Å²) in [4.78, 5) is 4.02. The summed E-state index contributed by atoms with van der Waals surface area (Å²) in [6.07, 6.45) is 3.21. The van der Waals surface area contributed by atoms with Gasteiger partial charge in [0, 0.05) is 11.3 Å². The molecule has 102 valence electrons. The monoisotopic (exact) mass is 303 g/mol. The Bertz CT molecular complexity index is 663. The van der Waals surface area contributed by atoms with Crippen LogP contribution in [0, 0.1) is 0 Å². The molecule has 0 spiro atoms. The van der Waals surface area contributed by atoms with Crippen LogP contribution in [0.25, 0.3) is 16.9 Å². The minimum Gasteiger partial charge on any atom is -0.274 e. The average molecular weight is 303 g/mol. The van der Waals surface area contributed by atoms with Crippen LogP contribution in [-0.2, 0) is 0 Å². The van der Waals surface area contributed by atoms with Crippen molar-refractivity contribution in [2.45, 2.75) is 5.03 Å². The Kier molecular flexibility index (Phi) is 4.08. The third-order valence-corrected chi connectivity index (χ3v) is 4.24. The molecule has 20 heavy (non-hydrogen) atoms. The number of hydrogen-bond acceptors (Lipinski definition) is 5. The standard InChI is InChI=1S/C13H13N5S2/c19-6-7-20-13-12(18-9-14-8-15-18)11(16-17-13)10-4-2-1-3-5-10/h1-5,8-9,19H,6-7H2,(H,16,17). The lowest BCUT2D eigenvalue weighted by Crippen LogP contribution is -1.97. The van der Waals surface area contributed by atoms with Crippen LogP contribution in [0.5, 0.6) is 0 Å². The van der Waals surface area contributed by atoms with Crippen LogP contribution in [-0.4, -0.2) is 36.5 Å². The quantitative estimate of drug-likeness (QED) is 0.562. The molecular weight excluding hydrogens is 290 g/mol. The molecule has 0 amide bonds. The van der Waals surface area contributed by atoms with Crippen molar-refractivity contribution >= 4 is 24.4 Å². The minimum atomic E-state index is 0.801. The van der Waals surface area contributed by atoms with Crippen molar-refractivity contribution in [3.05, 3.63) is 43.0 Å². The molecule has 0 aliphatic rings. The molecule has 1 N–H and O–H groups in total. The highest BCUT2D eigenvalue weighted by atomic mass is 32.2. The zero-order chi connectivity index (χ0) is 13.8. The van der Waals surface area contributed by atoms with Gasteiger partial charge in [0.05, 0.1) is 5.69 Å². The molecule has 0 aliphatic carbocycles. The predicted octanol–water partition coefficient (Wildman–Crippen LogP) is 2.68. The van der Waals surface area contributed by atoms with Crippen molar-refractivity contribution in [2.24, 2.45) is 0 Å². The van der Waals surface area contributed by atoms with Gasteiger partial charge in [0.25, 0.3) is 0 Å². The van der Waals surface area contributed by atoms with Gasteiger partial charge in [-0.3, -0.25) is 5.10 Å². The first-order valence-corrected chi connectivity index (χ1v) is 7.74. The van der Waals surface area contributed by atoms with Gasteiger partial charge in [-0.05, 0) is 5.75 Å². The molecular formula is C13H13N5S2. The maximum absolute atomic E-state index is 4.40. The predicted molar refractivity (Wildman–Crippen MR) is 83.5 cm³/mol. The van der Waals surface area contributed by atoms with E-state index in [1.54, 1.807) is 22.8 Å². The molecule has 0 unspecified atom stereocenters. The molecule has 0 saturated carbocycles. The number of aromatic amines is 1. The number of rotatable bonds is 5. The molecule has 0 saturated heterocycles. The smallest absolute Gasteiger partial charge is 0.144 e. The molecule has 3 aromatic rings. The highest BCUT2D eigenvalue weighted by molar-refractivity contribution is 8.00. The van der Waals surface area contributed by atoms with Crippen LogP contribution in [0.15, 0.2) is 48.0 Å². The van der Waals surface area contributed by atoms with Gasteiger partial charge < -0.3 is 0 Å². The van der Waals surface area contributed by atoms with E-state index in [-0.39, 0.29) is 0 Å². The van der Waals surface area contributed by atoms with Gasteiger partial charge in [-0.1, -0.05) is 30.3 Å². The maximum atomic E-state index is 4.40. The molecule has 5 nitrogen and oxygen atoms in total. The van der Waals surface area contributed by atoms with Gasteiger partial charge in [-0.25, -0.2) is 9.67 Å². The first kappa shape index (κ1) is 13.3. The number of H-pyrrole nitrogens is 1. The second-order valence-corrected chi connectivity index (χ2v) is 5.56. The van der Waals surface area contributed by atoms with Gasteiger partial charge in [0.1, 0.15) is 23.4 Å². The summed E-state index contributed by atoms with van der Waals surface area (Å²) in [6.45, 7) is 0. The van der Waals surface area contributed by atoms with E-state index < -0.39 is 0 Å². The van der Waals surface area contributed by atoms with Gasteiger partial charge >= 0.3 is 0 Å². The van der Waals surface area contributed by atoms with Crippen molar-refractivity contribution in [3.8, 4) is 16.9 Å². The lowest BCUT2D eigenvalue weighted by molar-refractivity contribution is 0.856. The molecule has 3 rings (SSSR count). The Morgan fingerprint density at radius 2 is 2.10 bits per heavy atom. The second kappa shape index (κ2) is 6.15. The lowest BCUT2D eigenvalue weighted by atomic mass is 10.1. The fourth-order valence-electron chi connectivity index (χ4n) is 1.90. The summed E-state index contributed by atoms with van der Waals surface area (Å²) in [5, 5.41) is 12.6. The average Bonchev–Trinajstić information content (AvgIpc) is 3.14.